The molecule has 1 amide bonds. The van der Waals surface area contributed by atoms with Crippen LogP contribution in [0.15, 0.2) is 0 Å². The molecule has 4 heteroatoms. The van der Waals surface area contributed by atoms with Gasteiger partial charge in [0, 0.05) is 6.04 Å². The molecule has 0 aliphatic carbocycles. The highest BCUT2D eigenvalue weighted by molar-refractivity contribution is 5.91. The molecule has 15 heavy (non-hydrogen) atoms. The highest BCUT2D eigenvalue weighted by Gasteiger charge is 2.44. The van der Waals surface area contributed by atoms with Crippen LogP contribution in [0.5, 0.6) is 0 Å². The Kier molecular flexibility index (Phi) is 2.78. The molecule has 0 aromatic heterocycles. The van der Waals surface area contributed by atoms with Gasteiger partial charge in [-0.25, -0.2) is 0 Å². The summed E-state index contributed by atoms with van der Waals surface area (Å²) in [5, 5.41) is 3.02. The summed E-state index contributed by atoms with van der Waals surface area (Å²) in [5.41, 5.74) is 0. The van der Waals surface area contributed by atoms with Gasteiger partial charge >= 0.3 is 0 Å². The lowest BCUT2D eigenvalue weighted by molar-refractivity contribution is -0.143. The van der Waals surface area contributed by atoms with Crippen LogP contribution >= 0.6 is 0 Å². The van der Waals surface area contributed by atoms with E-state index >= 15 is 0 Å². The summed E-state index contributed by atoms with van der Waals surface area (Å²) in [4.78, 5) is 25.3. The smallest absolute Gasteiger partial charge is 0.240 e. The Morgan fingerprint density at radius 2 is 2.00 bits per heavy atom. The van der Waals surface area contributed by atoms with Crippen molar-refractivity contribution in [1.82, 2.24) is 10.2 Å². The second kappa shape index (κ2) is 3.93. The third kappa shape index (κ3) is 1.67. The van der Waals surface area contributed by atoms with Crippen LogP contribution in [0.4, 0.5) is 0 Å². The fourth-order valence-corrected chi connectivity index (χ4v) is 2.83. The van der Waals surface area contributed by atoms with Crippen LogP contribution in [0.2, 0.25) is 0 Å². The molecular weight excluding hydrogens is 192 g/mol. The molecule has 0 saturated carbocycles. The number of nitrogens with one attached hydrogen (secondary N) is 1. The number of fused-ring (bicyclic) bond motifs is 1. The van der Waals surface area contributed by atoms with E-state index in [9.17, 15) is 9.59 Å². The van der Waals surface area contributed by atoms with Gasteiger partial charge in [-0.3, -0.25) is 9.59 Å². The number of rotatable bonds is 2. The predicted octanol–water partition coefficient (Wildman–Crippen LogP) is 0.317. The average Bonchev–Trinajstić information content (AvgIpc) is 2.63. The van der Waals surface area contributed by atoms with Crippen LogP contribution in [0.25, 0.3) is 0 Å². The predicted molar refractivity (Wildman–Crippen MR) is 56.4 cm³/mol. The summed E-state index contributed by atoms with van der Waals surface area (Å²) in [6.07, 6.45) is 3.77. The molecule has 2 aliphatic heterocycles. The van der Waals surface area contributed by atoms with Gasteiger partial charge in [0.1, 0.15) is 0 Å². The molecule has 1 N–H and O–H groups in total. The standard InChI is InChI=1S/C11H18N2O2/c1-7(14)10-6-4-8-3-5-9(12-2)11(15)13(8)10/h8-10,12H,3-6H2,1-2H3/t8-,9-,10-/m0/s1. The molecular formula is C11H18N2O2. The van der Waals surface area contributed by atoms with Gasteiger partial charge in [-0.15, -0.1) is 0 Å². The Morgan fingerprint density at radius 3 is 2.60 bits per heavy atom. The molecule has 2 fully saturated rings. The fraction of sp³-hybridized carbons (Fsp3) is 0.818. The molecule has 0 spiro atoms. The number of hydrogen-bond acceptors (Lipinski definition) is 3. The van der Waals surface area contributed by atoms with Gasteiger partial charge in [-0.2, -0.15) is 0 Å². The first kappa shape index (κ1) is 10.6. The van der Waals surface area contributed by atoms with Gasteiger partial charge < -0.3 is 10.2 Å². The van der Waals surface area contributed by atoms with Crippen molar-refractivity contribution in [3.63, 3.8) is 0 Å². The zero-order valence-electron chi connectivity index (χ0n) is 9.32. The van der Waals surface area contributed by atoms with Crippen molar-refractivity contribution in [3.05, 3.63) is 0 Å². The monoisotopic (exact) mass is 210 g/mol. The zero-order valence-corrected chi connectivity index (χ0v) is 9.32. The summed E-state index contributed by atoms with van der Waals surface area (Å²) >= 11 is 0. The molecule has 2 saturated heterocycles. The molecule has 0 aromatic carbocycles. The third-order valence-corrected chi connectivity index (χ3v) is 3.66. The van der Waals surface area contributed by atoms with Crippen molar-refractivity contribution in [3.8, 4) is 0 Å². The number of nitrogens with zero attached hydrogens (tertiary/aromatic N) is 1. The van der Waals surface area contributed by atoms with Gasteiger partial charge in [0.25, 0.3) is 0 Å². The summed E-state index contributed by atoms with van der Waals surface area (Å²) in [7, 11) is 1.81. The van der Waals surface area contributed by atoms with Crippen LogP contribution in [0, 0.1) is 0 Å². The largest absolute Gasteiger partial charge is 0.328 e. The molecule has 2 aliphatic rings. The van der Waals surface area contributed by atoms with E-state index in [1.54, 1.807) is 6.92 Å². The molecule has 3 atom stereocenters. The second-order valence-corrected chi connectivity index (χ2v) is 4.52. The molecule has 0 aromatic rings. The maximum absolute atomic E-state index is 12.1. The number of hydrogen-bond donors (Lipinski definition) is 1. The lowest BCUT2D eigenvalue weighted by Crippen LogP contribution is -2.55. The SMILES string of the molecule is CN[C@H]1CC[C@H]2CC[C@@H](C(C)=O)N2C1=O. The Morgan fingerprint density at radius 1 is 1.33 bits per heavy atom. The molecule has 2 heterocycles. The summed E-state index contributed by atoms with van der Waals surface area (Å²) in [5.74, 6) is 0.244. The highest BCUT2D eigenvalue weighted by Crippen LogP contribution is 2.32. The van der Waals surface area contributed by atoms with Crippen LogP contribution in [-0.2, 0) is 9.59 Å². The first-order valence-corrected chi connectivity index (χ1v) is 5.65. The maximum Gasteiger partial charge on any atom is 0.240 e. The maximum atomic E-state index is 12.1. The van der Waals surface area contributed by atoms with Gasteiger partial charge in [0.05, 0.1) is 12.1 Å². The average molecular weight is 210 g/mol. The number of carbonyl (C=O) groups is 2. The van der Waals surface area contributed by atoms with Crippen molar-refractivity contribution in [2.45, 2.75) is 50.7 Å². The zero-order chi connectivity index (χ0) is 11.0. The van der Waals surface area contributed by atoms with Crippen molar-refractivity contribution in [1.29, 1.82) is 0 Å². The number of ketones is 1. The van der Waals surface area contributed by atoms with E-state index in [1.807, 2.05) is 11.9 Å². The Hall–Kier alpha value is -0.900. The number of carbonyl (C=O) groups excluding carboxylic acids is 2. The van der Waals surface area contributed by atoms with E-state index in [4.69, 9.17) is 0 Å². The van der Waals surface area contributed by atoms with Crippen LogP contribution in [0.3, 0.4) is 0 Å². The minimum absolute atomic E-state index is 0.0822. The lowest BCUT2D eigenvalue weighted by atomic mass is 9.98. The molecule has 0 bridgehead atoms. The van der Waals surface area contributed by atoms with Crippen LogP contribution in [0.1, 0.15) is 32.6 Å². The van der Waals surface area contributed by atoms with Crippen LogP contribution in [-0.4, -0.2) is 41.8 Å². The van der Waals surface area contributed by atoms with E-state index in [0.717, 1.165) is 25.7 Å². The normalized spacial score (nSPS) is 35.5. The van der Waals surface area contributed by atoms with Gasteiger partial charge in [0.2, 0.25) is 5.91 Å². The Bertz CT molecular complexity index is 290. The summed E-state index contributed by atoms with van der Waals surface area (Å²) in [6, 6.07) is 0.0795. The van der Waals surface area contributed by atoms with Crippen molar-refractivity contribution < 1.29 is 9.59 Å². The van der Waals surface area contributed by atoms with Crippen molar-refractivity contribution in [2.75, 3.05) is 7.05 Å². The topological polar surface area (TPSA) is 49.4 Å². The second-order valence-electron chi connectivity index (χ2n) is 4.52. The van der Waals surface area contributed by atoms with Gasteiger partial charge in [0.15, 0.2) is 5.78 Å². The minimum atomic E-state index is -0.154. The van der Waals surface area contributed by atoms with Crippen molar-refractivity contribution in [2.24, 2.45) is 0 Å². The quantitative estimate of drug-likeness (QED) is 0.714. The minimum Gasteiger partial charge on any atom is -0.328 e. The van der Waals surface area contributed by atoms with Gasteiger partial charge in [-0.1, -0.05) is 0 Å². The summed E-state index contributed by atoms with van der Waals surface area (Å²) in [6.45, 7) is 1.59. The van der Waals surface area contributed by atoms with E-state index in [-0.39, 0.29) is 23.8 Å². The van der Waals surface area contributed by atoms with Gasteiger partial charge in [-0.05, 0) is 39.7 Å². The highest BCUT2D eigenvalue weighted by atomic mass is 16.2. The summed E-state index contributed by atoms with van der Waals surface area (Å²) < 4.78 is 0. The molecule has 84 valence electrons. The van der Waals surface area contributed by atoms with E-state index in [1.165, 1.54) is 0 Å². The number of Topliss-reactive ketones (excluding diaryl/α,β-unsaturated/α-hetero) is 1. The molecule has 0 unspecified atom stereocenters. The Balaban J connectivity index is 2.18. The first-order valence-electron chi connectivity index (χ1n) is 5.65. The molecule has 2 rings (SSSR count). The fourth-order valence-electron chi connectivity index (χ4n) is 2.83. The number of amides is 1. The molecule has 0 radical (unpaired) electrons. The lowest BCUT2D eigenvalue weighted by Gasteiger charge is -2.37. The third-order valence-electron chi connectivity index (χ3n) is 3.66. The number of likely N-dealkylation sites (N-methyl/N-ethyl adjacent to an activating group) is 1. The molecule has 4 nitrogen and oxygen atoms in total. The van der Waals surface area contributed by atoms with E-state index in [0.29, 0.717) is 6.04 Å². The van der Waals surface area contributed by atoms with Crippen LogP contribution < -0.4 is 5.32 Å². The Labute approximate surface area is 90.0 Å². The number of piperidine rings is 1. The van der Waals surface area contributed by atoms with E-state index in [2.05, 4.69) is 5.32 Å². The first-order chi connectivity index (χ1) is 7.15. The van der Waals surface area contributed by atoms with E-state index < -0.39 is 0 Å². The van der Waals surface area contributed by atoms with Crippen molar-refractivity contribution >= 4 is 11.7 Å².